The third-order valence-corrected chi connectivity index (χ3v) is 2.06. The maximum Gasteiger partial charge on any atom is 0.0590 e. The Labute approximate surface area is 85.3 Å². The van der Waals surface area contributed by atoms with E-state index in [0.29, 0.717) is 0 Å². The number of aromatic nitrogens is 2. The van der Waals surface area contributed by atoms with Gasteiger partial charge in [0.1, 0.15) is 0 Å². The summed E-state index contributed by atoms with van der Waals surface area (Å²) in [5.41, 5.74) is 1.21. The molecule has 0 unspecified atom stereocenters. The van der Waals surface area contributed by atoms with Crippen LogP contribution in [0.15, 0.2) is 12.3 Å². The van der Waals surface area contributed by atoms with E-state index in [2.05, 4.69) is 17.3 Å². The number of aryl methyl sites for hydroxylation is 1. The Morgan fingerprint density at radius 3 is 3.00 bits per heavy atom. The molecule has 0 saturated carbocycles. The largest absolute Gasteiger partial charge is 0.380 e. The van der Waals surface area contributed by atoms with Gasteiger partial charge in [0.05, 0.1) is 13.2 Å². The topological polar surface area (TPSA) is 39.1 Å². The summed E-state index contributed by atoms with van der Waals surface area (Å²) in [6.07, 6.45) is 1.83. The molecule has 0 aliphatic carbocycles. The van der Waals surface area contributed by atoms with Crippen LogP contribution in [0.25, 0.3) is 0 Å². The van der Waals surface area contributed by atoms with Crippen molar-refractivity contribution in [1.29, 1.82) is 0 Å². The Morgan fingerprint density at radius 2 is 2.36 bits per heavy atom. The van der Waals surface area contributed by atoms with E-state index in [1.54, 1.807) is 0 Å². The molecule has 0 fully saturated rings. The van der Waals surface area contributed by atoms with Crippen LogP contribution in [-0.2, 0) is 11.3 Å². The fourth-order valence-corrected chi connectivity index (χ4v) is 1.23. The summed E-state index contributed by atoms with van der Waals surface area (Å²) in [4.78, 5) is 0. The van der Waals surface area contributed by atoms with Gasteiger partial charge >= 0.3 is 0 Å². The van der Waals surface area contributed by atoms with Gasteiger partial charge in [-0.25, -0.2) is 0 Å². The Bertz CT molecular complexity index is 247. The van der Waals surface area contributed by atoms with Crippen molar-refractivity contribution in [3.63, 3.8) is 0 Å². The first-order valence-corrected chi connectivity index (χ1v) is 5.11. The summed E-state index contributed by atoms with van der Waals surface area (Å²) in [5, 5.41) is 7.50. The van der Waals surface area contributed by atoms with Crippen molar-refractivity contribution in [1.82, 2.24) is 15.1 Å². The third-order valence-electron chi connectivity index (χ3n) is 2.06. The van der Waals surface area contributed by atoms with Gasteiger partial charge in [0, 0.05) is 31.6 Å². The van der Waals surface area contributed by atoms with Gasteiger partial charge in [-0.2, -0.15) is 5.10 Å². The molecule has 4 nitrogen and oxygen atoms in total. The Balaban J connectivity index is 2.02. The molecular formula is C10H19N3O. The van der Waals surface area contributed by atoms with Crippen LogP contribution in [0.3, 0.4) is 0 Å². The molecule has 4 heteroatoms. The van der Waals surface area contributed by atoms with E-state index >= 15 is 0 Å². The second kappa shape index (κ2) is 6.56. The fourth-order valence-electron chi connectivity index (χ4n) is 1.23. The number of nitrogens with one attached hydrogen (secondary N) is 1. The molecular weight excluding hydrogens is 178 g/mol. The lowest BCUT2D eigenvalue weighted by atomic mass is 10.5. The van der Waals surface area contributed by atoms with Gasteiger partial charge in [0.15, 0.2) is 0 Å². The smallest absolute Gasteiger partial charge is 0.0590 e. The highest BCUT2D eigenvalue weighted by Crippen LogP contribution is 1.93. The minimum Gasteiger partial charge on any atom is -0.380 e. The Hall–Kier alpha value is -0.870. The zero-order valence-electron chi connectivity index (χ0n) is 8.99. The van der Waals surface area contributed by atoms with Gasteiger partial charge in [-0.05, 0) is 19.9 Å². The van der Waals surface area contributed by atoms with Gasteiger partial charge in [-0.1, -0.05) is 0 Å². The molecule has 14 heavy (non-hydrogen) atoms. The molecule has 1 N–H and O–H groups in total. The van der Waals surface area contributed by atoms with Crippen molar-refractivity contribution >= 4 is 0 Å². The lowest BCUT2D eigenvalue weighted by molar-refractivity contribution is 0.149. The van der Waals surface area contributed by atoms with E-state index in [1.807, 2.05) is 23.9 Å². The summed E-state index contributed by atoms with van der Waals surface area (Å²) in [7, 11) is 0. The van der Waals surface area contributed by atoms with Crippen LogP contribution in [0.1, 0.15) is 12.6 Å². The van der Waals surface area contributed by atoms with Crippen molar-refractivity contribution in [2.45, 2.75) is 20.4 Å². The van der Waals surface area contributed by atoms with Gasteiger partial charge in [-0.15, -0.1) is 0 Å². The van der Waals surface area contributed by atoms with E-state index in [4.69, 9.17) is 4.74 Å². The van der Waals surface area contributed by atoms with E-state index in [0.717, 1.165) is 32.8 Å². The van der Waals surface area contributed by atoms with Crippen molar-refractivity contribution in [3.8, 4) is 0 Å². The molecule has 1 aromatic heterocycles. The molecule has 0 radical (unpaired) electrons. The first kappa shape index (κ1) is 11.2. The van der Waals surface area contributed by atoms with Gasteiger partial charge in [0.2, 0.25) is 0 Å². The molecule has 0 aliphatic rings. The molecule has 1 heterocycles. The van der Waals surface area contributed by atoms with Crippen LogP contribution in [0.2, 0.25) is 0 Å². The average Bonchev–Trinajstić information content (AvgIpc) is 2.58. The predicted octanol–water partition coefficient (Wildman–Crippen LogP) is 0.818. The van der Waals surface area contributed by atoms with Gasteiger partial charge in [0.25, 0.3) is 0 Å². The van der Waals surface area contributed by atoms with E-state index in [9.17, 15) is 0 Å². The van der Waals surface area contributed by atoms with Crippen LogP contribution in [0, 0.1) is 6.92 Å². The van der Waals surface area contributed by atoms with Crippen LogP contribution in [0.4, 0.5) is 0 Å². The molecule has 0 saturated heterocycles. The first-order chi connectivity index (χ1) is 6.84. The van der Waals surface area contributed by atoms with Crippen LogP contribution in [0.5, 0.6) is 0 Å². The highest BCUT2D eigenvalue weighted by molar-refractivity contribution is 4.96. The van der Waals surface area contributed by atoms with E-state index in [1.165, 1.54) is 5.69 Å². The fraction of sp³-hybridized carbons (Fsp3) is 0.700. The van der Waals surface area contributed by atoms with Gasteiger partial charge < -0.3 is 10.1 Å². The molecule has 80 valence electrons. The van der Waals surface area contributed by atoms with Crippen molar-refractivity contribution < 1.29 is 4.74 Å². The van der Waals surface area contributed by atoms with E-state index < -0.39 is 0 Å². The number of hydrogen-bond donors (Lipinski definition) is 1. The van der Waals surface area contributed by atoms with Gasteiger partial charge in [-0.3, -0.25) is 4.68 Å². The lowest BCUT2D eigenvalue weighted by Crippen LogP contribution is -2.24. The number of nitrogens with zero attached hydrogens (tertiary/aromatic N) is 2. The van der Waals surface area contributed by atoms with Crippen LogP contribution < -0.4 is 5.32 Å². The monoisotopic (exact) mass is 197 g/mol. The minimum atomic E-state index is 0.786. The second-order valence-corrected chi connectivity index (χ2v) is 3.14. The number of hydrogen-bond acceptors (Lipinski definition) is 3. The molecule has 1 rings (SSSR count). The van der Waals surface area contributed by atoms with E-state index in [-0.39, 0.29) is 0 Å². The van der Waals surface area contributed by atoms with Crippen LogP contribution >= 0.6 is 0 Å². The third kappa shape index (κ3) is 3.89. The average molecular weight is 197 g/mol. The minimum absolute atomic E-state index is 0.786. The quantitative estimate of drug-likeness (QED) is 0.658. The molecule has 0 bridgehead atoms. The highest BCUT2D eigenvalue weighted by atomic mass is 16.5. The predicted molar refractivity (Wildman–Crippen MR) is 56.3 cm³/mol. The summed E-state index contributed by atoms with van der Waals surface area (Å²) in [5.74, 6) is 0. The Kier molecular flexibility index (Phi) is 5.25. The zero-order valence-corrected chi connectivity index (χ0v) is 8.99. The normalized spacial score (nSPS) is 10.7. The highest BCUT2D eigenvalue weighted by Gasteiger charge is 1.95. The standard InChI is InChI=1S/C10H19N3O/c1-3-14-9-7-11-6-8-13-10(2)4-5-12-13/h4-5,11H,3,6-9H2,1-2H3. The van der Waals surface area contributed by atoms with Crippen molar-refractivity contribution in [2.24, 2.45) is 0 Å². The molecule has 0 amide bonds. The van der Waals surface area contributed by atoms with Crippen molar-refractivity contribution in [3.05, 3.63) is 18.0 Å². The second-order valence-electron chi connectivity index (χ2n) is 3.14. The molecule has 0 spiro atoms. The summed E-state index contributed by atoms with van der Waals surface area (Å²) >= 11 is 0. The van der Waals surface area contributed by atoms with Crippen LogP contribution in [-0.4, -0.2) is 36.1 Å². The summed E-state index contributed by atoms with van der Waals surface area (Å²) in [6, 6.07) is 2.01. The number of rotatable bonds is 7. The molecule has 0 aromatic carbocycles. The summed E-state index contributed by atoms with van der Waals surface area (Å²) < 4.78 is 7.20. The maximum absolute atomic E-state index is 5.21. The number of ether oxygens (including phenoxy) is 1. The Morgan fingerprint density at radius 1 is 1.50 bits per heavy atom. The van der Waals surface area contributed by atoms with Crippen molar-refractivity contribution in [2.75, 3.05) is 26.3 Å². The lowest BCUT2D eigenvalue weighted by Gasteiger charge is -2.06. The molecule has 0 aliphatic heterocycles. The molecule has 1 aromatic rings. The molecule has 0 atom stereocenters. The maximum atomic E-state index is 5.21. The first-order valence-electron chi connectivity index (χ1n) is 5.11. The summed E-state index contributed by atoms with van der Waals surface area (Å²) in [6.45, 7) is 8.42. The SMILES string of the molecule is CCOCCNCCn1nccc1C. The zero-order chi connectivity index (χ0) is 10.2.